The van der Waals surface area contributed by atoms with Gasteiger partial charge in [0.05, 0.1) is 5.71 Å². The maximum absolute atomic E-state index is 11.8. The zero-order chi connectivity index (χ0) is 16.1. The second-order valence-electron chi connectivity index (χ2n) is 4.53. The third-order valence-electron chi connectivity index (χ3n) is 2.84. The van der Waals surface area contributed by atoms with Crippen LogP contribution < -0.4 is 10.7 Å². The summed E-state index contributed by atoms with van der Waals surface area (Å²) in [5, 5.41) is 8.79. The minimum Gasteiger partial charge on any atom is -0.318 e. The summed E-state index contributed by atoms with van der Waals surface area (Å²) in [5.41, 5.74) is 4.20. The molecule has 0 saturated heterocycles. The van der Waals surface area contributed by atoms with E-state index in [0.717, 1.165) is 10.4 Å². The quantitative estimate of drug-likeness (QED) is 0.513. The van der Waals surface area contributed by atoms with Crippen LogP contribution in [0, 0.1) is 6.92 Å². The number of hydrogen-bond acceptors (Lipinski definition) is 4. The van der Waals surface area contributed by atoms with Gasteiger partial charge in [-0.3, -0.25) is 9.59 Å². The number of nitrogens with one attached hydrogen (secondary N) is 2. The molecule has 114 valence electrons. The van der Waals surface area contributed by atoms with Crippen LogP contribution >= 0.6 is 22.9 Å². The molecule has 0 bridgehead atoms. The molecule has 2 amide bonds. The molecule has 5 nitrogen and oxygen atoms in total. The van der Waals surface area contributed by atoms with Crippen molar-refractivity contribution in [2.45, 2.75) is 13.8 Å². The largest absolute Gasteiger partial charge is 0.329 e. The van der Waals surface area contributed by atoms with Gasteiger partial charge >= 0.3 is 11.8 Å². The molecule has 0 saturated carbocycles. The third-order valence-corrected chi connectivity index (χ3v) is 4.22. The van der Waals surface area contributed by atoms with Crippen LogP contribution in [0.3, 0.4) is 0 Å². The van der Waals surface area contributed by atoms with Crippen molar-refractivity contribution in [3.63, 3.8) is 0 Å². The van der Waals surface area contributed by atoms with E-state index in [4.69, 9.17) is 11.6 Å². The molecule has 0 radical (unpaired) electrons. The maximum atomic E-state index is 11.8. The summed E-state index contributed by atoms with van der Waals surface area (Å²) in [6.45, 7) is 3.60. The zero-order valence-electron chi connectivity index (χ0n) is 12.0. The summed E-state index contributed by atoms with van der Waals surface area (Å²) in [4.78, 5) is 24.4. The van der Waals surface area contributed by atoms with Crippen LogP contribution in [0.5, 0.6) is 0 Å². The monoisotopic (exact) mass is 335 g/mol. The van der Waals surface area contributed by atoms with Gasteiger partial charge in [-0.05, 0) is 43.0 Å². The molecule has 2 N–H and O–H groups in total. The fraction of sp³-hybridized carbons (Fsp3) is 0.133. The molecule has 0 atom stereocenters. The van der Waals surface area contributed by atoms with Gasteiger partial charge in [-0.2, -0.15) is 5.10 Å². The molecule has 0 aliphatic heterocycles. The number of amides is 2. The van der Waals surface area contributed by atoms with Crippen LogP contribution in [0.2, 0.25) is 5.02 Å². The number of hydrogen-bond donors (Lipinski definition) is 2. The Bertz CT molecular complexity index is 726. The first-order valence-electron chi connectivity index (χ1n) is 6.43. The molecular formula is C15H14ClN3O2S. The Balaban J connectivity index is 1.96. The summed E-state index contributed by atoms with van der Waals surface area (Å²) in [5.74, 6) is -1.64. The second kappa shape index (κ2) is 7.20. The Kier molecular flexibility index (Phi) is 5.30. The van der Waals surface area contributed by atoms with Gasteiger partial charge in [0.1, 0.15) is 0 Å². The van der Waals surface area contributed by atoms with E-state index in [1.807, 2.05) is 24.4 Å². The van der Waals surface area contributed by atoms with Crippen LogP contribution in [0.4, 0.5) is 5.69 Å². The molecule has 1 aromatic heterocycles. The van der Waals surface area contributed by atoms with Crippen LogP contribution in [-0.2, 0) is 9.59 Å². The Hall–Kier alpha value is -2.18. The third kappa shape index (κ3) is 4.16. The lowest BCUT2D eigenvalue weighted by atomic mass is 10.2. The van der Waals surface area contributed by atoms with E-state index in [1.165, 1.54) is 11.3 Å². The van der Waals surface area contributed by atoms with Gasteiger partial charge < -0.3 is 5.32 Å². The minimum absolute atomic E-state index is 0.453. The highest BCUT2D eigenvalue weighted by Gasteiger charge is 2.13. The fourth-order valence-electron chi connectivity index (χ4n) is 1.58. The minimum atomic E-state index is -0.840. The van der Waals surface area contributed by atoms with E-state index in [1.54, 1.807) is 25.1 Å². The maximum Gasteiger partial charge on any atom is 0.329 e. The Labute approximate surface area is 137 Å². The smallest absolute Gasteiger partial charge is 0.318 e. The number of carbonyl (C=O) groups is 2. The molecule has 2 rings (SSSR count). The predicted molar refractivity (Wildman–Crippen MR) is 89.5 cm³/mol. The summed E-state index contributed by atoms with van der Waals surface area (Å²) in [6.07, 6.45) is 0. The van der Waals surface area contributed by atoms with Crippen molar-refractivity contribution < 1.29 is 9.59 Å². The number of nitrogens with zero attached hydrogens (tertiary/aromatic N) is 1. The topological polar surface area (TPSA) is 70.6 Å². The Morgan fingerprint density at radius 2 is 2.00 bits per heavy atom. The van der Waals surface area contributed by atoms with E-state index in [0.29, 0.717) is 16.4 Å². The van der Waals surface area contributed by atoms with Crippen molar-refractivity contribution in [1.82, 2.24) is 5.43 Å². The number of halogens is 1. The highest BCUT2D eigenvalue weighted by molar-refractivity contribution is 7.12. The highest BCUT2D eigenvalue weighted by Crippen LogP contribution is 2.19. The van der Waals surface area contributed by atoms with Crippen molar-refractivity contribution in [3.05, 3.63) is 51.2 Å². The lowest BCUT2D eigenvalue weighted by molar-refractivity contribution is -0.136. The van der Waals surface area contributed by atoms with Gasteiger partial charge in [-0.1, -0.05) is 23.7 Å². The Morgan fingerprint density at radius 1 is 1.23 bits per heavy atom. The van der Waals surface area contributed by atoms with Crippen molar-refractivity contribution in [2.75, 3.05) is 5.32 Å². The SMILES string of the molecule is CC(=NNC(=O)C(=O)Nc1ccc(C)c(Cl)c1)c1cccs1. The average molecular weight is 336 g/mol. The molecule has 22 heavy (non-hydrogen) atoms. The van der Waals surface area contributed by atoms with Gasteiger partial charge in [-0.25, -0.2) is 5.43 Å². The number of benzene rings is 1. The second-order valence-corrected chi connectivity index (χ2v) is 5.89. The summed E-state index contributed by atoms with van der Waals surface area (Å²) in [6, 6.07) is 8.78. The van der Waals surface area contributed by atoms with Crippen molar-refractivity contribution in [2.24, 2.45) is 5.10 Å². The highest BCUT2D eigenvalue weighted by atomic mass is 35.5. The molecule has 0 unspecified atom stereocenters. The summed E-state index contributed by atoms with van der Waals surface area (Å²) in [7, 11) is 0. The van der Waals surface area contributed by atoms with E-state index in [9.17, 15) is 9.59 Å². The van der Waals surface area contributed by atoms with E-state index in [2.05, 4.69) is 15.8 Å². The van der Waals surface area contributed by atoms with Crippen LogP contribution in [0.15, 0.2) is 40.8 Å². The summed E-state index contributed by atoms with van der Waals surface area (Å²) >= 11 is 7.46. The van der Waals surface area contributed by atoms with Gasteiger partial charge in [0, 0.05) is 15.6 Å². The first kappa shape index (κ1) is 16.2. The van der Waals surface area contributed by atoms with Crippen LogP contribution in [0.25, 0.3) is 0 Å². The fourth-order valence-corrected chi connectivity index (χ4v) is 2.44. The van der Waals surface area contributed by atoms with Crippen molar-refractivity contribution in [3.8, 4) is 0 Å². The summed E-state index contributed by atoms with van der Waals surface area (Å²) < 4.78 is 0. The first-order chi connectivity index (χ1) is 10.5. The number of hydrazone groups is 1. The Morgan fingerprint density at radius 3 is 2.64 bits per heavy atom. The van der Waals surface area contributed by atoms with Crippen LogP contribution in [-0.4, -0.2) is 17.5 Å². The van der Waals surface area contributed by atoms with E-state index in [-0.39, 0.29) is 0 Å². The van der Waals surface area contributed by atoms with Gasteiger partial charge in [-0.15, -0.1) is 11.3 Å². The lowest BCUT2D eigenvalue weighted by Gasteiger charge is -2.06. The molecule has 1 heterocycles. The molecule has 0 fully saturated rings. The number of thiophene rings is 1. The molecule has 1 aromatic carbocycles. The molecule has 0 spiro atoms. The van der Waals surface area contributed by atoms with Crippen LogP contribution in [0.1, 0.15) is 17.4 Å². The van der Waals surface area contributed by atoms with Gasteiger partial charge in [0.25, 0.3) is 0 Å². The first-order valence-corrected chi connectivity index (χ1v) is 7.69. The molecule has 0 aliphatic carbocycles. The molecule has 7 heteroatoms. The molecular weight excluding hydrogens is 322 g/mol. The molecule has 0 aliphatic rings. The average Bonchev–Trinajstić information content (AvgIpc) is 3.02. The predicted octanol–water partition coefficient (Wildman–Crippen LogP) is 3.19. The number of aryl methyl sites for hydroxylation is 1. The van der Waals surface area contributed by atoms with Crippen molar-refractivity contribution in [1.29, 1.82) is 0 Å². The van der Waals surface area contributed by atoms with Crippen molar-refractivity contribution >= 4 is 46.2 Å². The molecule has 2 aromatic rings. The normalized spacial score (nSPS) is 11.1. The van der Waals surface area contributed by atoms with E-state index < -0.39 is 11.8 Å². The van der Waals surface area contributed by atoms with Gasteiger partial charge in [0.15, 0.2) is 0 Å². The van der Waals surface area contributed by atoms with E-state index >= 15 is 0 Å². The number of carbonyl (C=O) groups excluding carboxylic acids is 2. The number of anilines is 1. The van der Waals surface area contributed by atoms with Gasteiger partial charge in [0.2, 0.25) is 0 Å². The lowest BCUT2D eigenvalue weighted by Crippen LogP contribution is -2.32. The standard InChI is InChI=1S/C15H14ClN3O2S/c1-9-5-6-11(8-12(9)16)17-14(20)15(21)19-18-10(2)13-4-3-7-22-13/h3-8H,1-2H3,(H,17,20)(H,19,21). The zero-order valence-corrected chi connectivity index (χ0v) is 13.6. The number of rotatable bonds is 3.